The molecular weight excluding hydrogens is 179 g/mol. The van der Waals surface area contributed by atoms with E-state index in [0.29, 0.717) is 6.54 Å². The van der Waals surface area contributed by atoms with Crippen LogP contribution >= 0.6 is 0 Å². The van der Waals surface area contributed by atoms with Crippen molar-refractivity contribution in [1.82, 2.24) is 4.90 Å². The average molecular weight is 197 g/mol. The summed E-state index contributed by atoms with van der Waals surface area (Å²) in [7, 11) is 0. The van der Waals surface area contributed by atoms with Gasteiger partial charge in [0, 0.05) is 6.04 Å². The van der Waals surface area contributed by atoms with Gasteiger partial charge < -0.3 is 0 Å². The summed E-state index contributed by atoms with van der Waals surface area (Å²) < 4.78 is 35.5. The van der Waals surface area contributed by atoms with Crippen molar-refractivity contribution in [3.05, 3.63) is 0 Å². The van der Waals surface area contributed by atoms with Crippen LogP contribution in [-0.2, 0) is 0 Å². The van der Waals surface area contributed by atoms with E-state index in [-0.39, 0.29) is 6.04 Å². The molecule has 80 valence electrons. The maximum atomic E-state index is 11.8. The summed E-state index contributed by atoms with van der Waals surface area (Å²) in [5.74, 6) is 0. The largest absolute Gasteiger partial charge is 0.401 e. The Morgan fingerprint density at radius 1 is 1.31 bits per heavy atom. The molecule has 0 radical (unpaired) electrons. The molecule has 1 rings (SSSR count). The summed E-state index contributed by atoms with van der Waals surface area (Å²) in [5.41, 5.74) is 0. The van der Waals surface area contributed by atoms with Crippen LogP contribution in [0.2, 0.25) is 0 Å². The van der Waals surface area contributed by atoms with Crippen LogP contribution in [-0.4, -0.2) is 30.2 Å². The molecule has 0 saturated carbocycles. The van der Waals surface area contributed by atoms with E-state index in [9.17, 15) is 13.2 Å². The molecule has 1 saturated heterocycles. The highest BCUT2D eigenvalue weighted by molar-refractivity contribution is 4.76. The van der Waals surface area contributed by atoms with Crippen molar-refractivity contribution in [1.29, 1.82) is 0 Å². The van der Waals surface area contributed by atoms with E-state index in [2.05, 4.69) is 0 Å². The molecule has 0 aromatic rings. The van der Waals surface area contributed by atoms with Gasteiger partial charge in [0.25, 0.3) is 0 Å². The first-order valence-electron chi connectivity index (χ1n) is 4.80. The number of hydrogen-bond donors (Lipinski definition) is 0. The zero-order chi connectivity index (χ0) is 10.5. The van der Waals surface area contributed by atoms with Crippen LogP contribution in [0.1, 0.15) is 33.6 Å². The zero-order valence-electron chi connectivity index (χ0n) is 8.49. The fourth-order valence-electron chi connectivity index (χ4n) is 1.46. The number of hydrogen-bond acceptors (Lipinski definition) is 1. The minimum Gasteiger partial charge on any atom is -0.292 e. The van der Waals surface area contributed by atoms with Crippen molar-refractivity contribution in [2.24, 2.45) is 0 Å². The molecule has 0 spiro atoms. The van der Waals surface area contributed by atoms with Crippen LogP contribution in [0, 0.1) is 0 Å². The van der Waals surface area contributed by atoms with Crippen LogP contribution in [0.5, 0.6) is 0 Å². The van der Waals surface area contributed by atoms with E-state index >= 15 is 0 Å². The number of likely N-dealkylation sites (tertiary alicyclic amines) is 1. The third kappa shape index (κ3) is 5.13. The minimum absolute atomic E-state index is 0.108. The summed E-state index contributed by atoms with van der Waals surface area (Å²) in [6.45, 7) is 5.70. The summed E-state index contributed by atoms with van der Waals surface area (Å²) in [6.07, 6.45) is -2.23. The van der Waals surface area contributed by atoms with Crippen molar-refractivity contribution in [2.45, 2.75) is 45.8 Å². The Labute approximate surface area is 77.9 Å². The fourth-order valence-corrected chi connectivity index (χ4v) is 1.46. The Balaban J connectivity index is 0.000000671. The lowest BCUT2D eigenvalue weighted by Crippen LogP contribution is -2.36. The van der Waals surface area contributed by atoms with Gasteiger partial charge in [0.1, 0.15) is 0 Å². The molecule has 0 amide bonds. The van der Waals surface area contributed by atoms with Gasteiger partial charge in [0.15, 0.2) is 0 Å². The minimum atomic E-state index is -4.03. The van der Waals surface area contributed by atoms with Crippen LogP contribution < -0.4 is 0 Å². The number of halogens is 3. The van der Waals surface area contributed by atoms with Crippen LogP contribution in [0.25, 0.3) is 0 Å². The Bertz CT molecular complexity index is 133. The standard InChI is InChI=1S/C7H12F3N.C2H6/c1-6-3-2-4-11(6)5-7(8,9)10;1-2/h6H,2-5H2,1H3;1-2H3. The van der Waals surface area contributed by atoms with Gasteiger partial charge in [-0.3, -0.25) is 4.90 Å². The first kappa shape index (κ1) is 12.8. The van der Waals surface area contributed by atoms with Gasteiger partial charge in [-0.2, -0.15) is 13.2 Å². The lowest BCUT2D eigenvalue weighted by Gasteiger charge is -2.21. The molecule has 0 bridgehead atoms. The van der Waals surface area contributed by atoms with Gasteiger partial charge >= 0.3 is 6.18 Å². The first-order valence-corrected chi connectivity index (χ1v) is 4.80. The topological polar surface area (TPSA) is 3.24 Å². The molecule has 1 atom stereocenters. The van der Waals surface area contributed by atoms with Crippen molar-refractivity contribution in [2.75, 3.05) is 13.1 Å². The van der Waals surface area contributed by atoms with Crippen LogP contribution in [0.4, 0.5) is 13.2 Å². The number of alkyl halides is 3. The molecule has 0 aliphatic carbocycles. The number of rotatable bonds is 1. The highest BCUT2D eigenvalue weighted by Crippen LogP contribution is 2.23. The van der Waals surface area contributed by atoms with Gasteiger partial charge in [0.05, 0.1) is 6.54 Å². The molecule has 1 heterocycles. The SMILES string of the molecule is CC.CC1CCCN1CC(F)(F)F. The van der Waals surface area contributed by atoms with Crippen LogP contribution in [0.15, 0.2) is 0 Å². The Hall–Kier alpha value is -0.250. The summed E-state index contributed by atoms with van der Waals surface area (Å²) in [4.78, 5) is 1.49. The quantitative estimate of drug-likeness (QED) is 0.624. The van der Waals surface area contributed by atoms with Gasteiger partial charge in [-0.05, 0) is 26.3 Å². The van der Waals surface area contributed by atoms with E-state index in [4.69, 9.17) is 0 Å². The second-order valence-electron chi connectivity index (χ2n) is 3.08. The summed E-state index contributed by atoms with van der Waals surface area (Å²) in [6, 6.07) is 0.108. The van der Waals surface area contributed by atoms with Crippen molar-refractivity contribution >= 4 is 0 Å². The third-order valence-corrected chi connectivity index (χ3v) is 2.07. The van der Waals surface area contributed by atoms with E-state index < -0.39 is 12.7 Å². The Kier molecular flexibility index (Phi) is 5.37. The summed E-state index contributed by atoms with van der Waals surface area (Å²) >= 11 is 0. The lowest BCUT2D eigenvalue weighted by molar-refractivity contribution is -0.146. The predicted octanol–water partition coefficient (Wildman–Crippen LogP) is 3.06. The fraction of sp³-hybridized carbons (Fsp3) is 1.00. The average Bonchev–Trinajstić information content (AvgIpc) is 2.38. The zero-order valence-corrected chi connectivity index (χ0v) is 8.49. The van der Waals surface area contributed by atoms with Gasteiger partial charge in [-0.15, -0.1) is 0 Å². The van der Waals surface area contributed by atoms with Gasteiger partial charge in [-0.25, -0.2) is 0 Å². The van der Waals surface area contributed by atoms with Gasteiger partial charge in [0.2, 0.25) is 0 Å². The van der Waals surface area contributed by atoms with E-state index in [1.165, 1.54) is 4.90 Å². The third-order valence-electron chi connectivity index (χ3n) is 2.07. The molecule has 1 aliphatic rings. The highest BCUT2D eigenvalue weighted by atomic mass is 19.4. The molecule has 1 aliphatic heterocycles. The molecule has 0 aromatic heterocycles. The molecule has 0 N–H and O–H groups in total. The van der Waals surface area contributed by atoms with E-state index in [1.807, 2.05) is 20.8 Å². The monoisotopic (exact) mass is 197 g/mol. The van der Waals surface area contributed by atoms with Crippen molar-refractivity contribution < 1.29 is 13.2 Å². The Morgan fingerprint density at radius 2 is 1.85 bits per heavy atom. The van der Waals surface area contributed by atoms with Crippen molar-refractivity contribution in [3.8, 4) is 0 Å². The lowest BCUT2D eigenvalue weighted by atomic mass is 10.2. The molecular formula is C9H18F3N. The molecule has 4 heteroatoms. The maximum absolute atomic E-state index is 11.8. The number of nitrogens with zero attached hydrogens (tertiary/aromatic N) is 1. The molecule has 0 aromatic carbocycles. The smallest absolute Gasteiger partial charge is 0.292 e. The maximum Gasteiger partial charge on any atom is 0.401 e. The van der Waals surface area contributed by atoms with Crippen molar-refractivity contribution in [3.63, 3.8) is 0 Å². The molecule has 1 nitrogen and oxygen atoms in total. The van der Waals surface area contributed by atoms with Crippen LogP contribution in [0.3, 0.4) is 0 Å². The summed E-state index contributed by atoms with van der Waals surface area (Å²) in [5, 5.41) is 0. The Morgan fingerprint density at radius 3 is 2.15 bits per heavy atom. The highest BCUT2D eigenvalue weighted by Gasteiger charge is 2.34. The van der Waals surface area contributed by atoms with E-state index in [0.717, 1.165) is 12.8 Å². The molecule has 1 unspecified atom stereocenters. The molecule has 13 heavy (non-hydrogen) atoms. The van der Waals surface area contributed by atoms with Gasteiger partial charge in [-0.1, -0.05) is 13.8 Å². The predicted molar refractivity (Wildman–Crippen MR) is 47.7 cm³/mol. The second-order valence-corrected chi connectivity index (χ2v) is 3.08. The van der Waals surface area contributed by atoms with E-state index in [1.54, 1.807) is 0 Å². The first-order chi connectivity index (χ1) is 5.99. The normalized spacial score (nSPS) is 24.0. The molecule has 1 fully saturated rings. The second kappa shape index (κ2) is 5.47.